The quantitative estimate of drug-likeness (QED) is 0.774. The third-order valence-electron chi connectivity index (χ3n) is 1.95. The van der Waals surface area contributed by atoms with Gasteiger partial charge >= 0.3 is 0 Å². The normalized spacial score (nSPS) is 12.8. The summed E-state index contributed by atoms with van der Waals surface area (Å²) in [5.74, 6) is 0. The second kappa shape index (κ2) is 5.22. The molecule has 1 rings (SSSR count). The lowest BCUT2D eigenvalue weighted by molar-refractivity contribution is 0.260. The summed E-state index contributed by atoms with van der Waals surface area (Å²) in [4.78, 5) is 0. The number of benzene rings is 1. The van der Waals surface area contributed by atoms with Gasteiger partial charge in [0.25, 0.3) is 0 Å². The van der Waals surface area contributed by atoms with Crippen LogP contribution in [0.4, 0.5) is 0 Å². The average Bonchev–Trinajstić information content (AvgIpc) is 2.16. The zero-order valence-electron chi connectivity index (χ0n) is 7.41. The minimum Gasteiger partial charge on any atom is -0.395 e. The van der Waals surface area contributed by atoms with Crippen molar-refractivity contribution in [1.82, 2.24) is 0 Å². The van der Waals surface area contributed by atoms with Gasteiger partial charge in [0.2, 0.25) is 0 Å². The lowest BCUT2D eigenvalue weighted by Gasteiger charge is -2.07. The van der Waals surface area contributed by atoms with Crippen LogP contribution in [0.15, 0.2) is 24.3 Å². The van der Waals surface area contributed by atoms with Crippen LogP contribution in [0.2, 0.25) is 5.02 Å². The second-order valence-electron chi connectivity index (χ2n) is 3.11. The minimum atomic E-state index is -0.115. The van der Waals surface area contributed by atoms with Crippen molar-refractivity contribution in [2.75, 3.05) is 6.61 Å². The van der Waals surface area contributed by atoms with Crippen LogP contribution in [0.5, 0.6) is 0 Å². The molecule has 0 fully saturated rings. The smallest absolute Gasteiger partial charge is 0.0582 e. The lowest BCUT2D eigenvalue weighted by atomic mass is 10.1. The van der Waals surface area contributed by atoms with E-state index in [1.807, 2.05) is 24.3 Å². The molecule has 0 saturated carbocycles. The van der Waals surface area contributed by atoms with Crippen LogP contribution < -0.4 is 5.73 Å². The van der Waals surface area contributed by atoms with E-state index >= 15 is 0 Å². The van der Waals surface area contributed by atoms with Gasteiger partial charge in [0.15, 0.2) is 0 Å². The Balaban J connectivity index is 2.41. The molecule has 13 heavy (non-hydrogen) atoms. The third kappa shape index (κ3) is 3.77. The maximum Gasteiger partial charge on any atom is 0.0582 e. The molecule has 0 radical (unpaired) electrons. The molecule has 0 spiro atoms. The second-order valence-corrected chi connectivity index (χ2v) is 3.54. The summed E-state index contributed by atoms with van der Waals surface area (Å²) >= 11 is 5.74. The SMILES string of the molecule is NC(CO)CCc1ccc(Cl)cc1. The highest BCUT2D eigenvalue weighted by atomic mass is 35.5. The van der Waals surface area contributed by atoms with Gasteiger partial charge in [-0.25, -0.2) is 0 Å². The molecule has 0 aliphatic rings. The maximum absolute atomic E-state index is 8.71. The van der Waals surface area contributed by atoms with E-state index in [0.29, 0.717) is 0 Å². The molecule has 1 unspecified atom stereocenters. The van der Waals surface area contributed by atoms with Gasteiger partial charge in [-0.2, -0.15) is 0 Å². The molecule has 1 aromatic rings. The average molecular weight is 200 g/mol. The fraction of sp³-hybridized carbons (Fsp3) is 0.400. The molecule has 1 atom stereocenters. The predicted octanol–water partition coefficient (Wildman–Crippen LogP) is 1.59. The molecule has 0 aliphatic carbocycles. The molecule has 0 amide bonds. The molecule has 0 heterocycles. The van der Waals surface area contributed by atoms with Crippen LogP contribution in [-0.2, 0) is 6.42 Å². The standard InChI is InChI=1S/C10H14ClNO/c11-9-4-1-8(2-5-9)3-6-10(12)7-13/h1-2,4-5,10,13H,3,6-7,12H2. The summed E-state index contributed by atoms with van der Waals surface area (Å²) in [7, 11) is 0. The van der Waals surface area contributed by atoms with Crippen molar-refractivity contribution in [3.8, 4) is 0 Å². The van der Waals surface area contributed by atoms with Crippen LogP contribution in [0.3, 0.4) is 0 Å². The first kappa shape index (κ1) is 10.5. The summed E-state index contributed by atoms with van der Waals surface area (Å²) in [6.45, 7) is 0.0492. The largest absolute Gasteiger partial charge is 0.395 e. The maximum atomic E-state index is 8.71. The van der Waals surface area contributed by atoms with Crippen molar-refractivity contribution in [3.05, 3.63) is 34.9 Å². The summed E-state index contributed by atoms with van der Waals surface area (Å²) in [5.41, 5.74) is 6.78. The van der Waals surface area contributed by atoms with Gasteiger partial charge in [-0.3, -0.25) is 0 Å². The van der Waals surface area contributed by atoms with E-state index in [-0.39, 0.29) is 12.6 Å². The Morgan fingerprint density at radius 1 is 1.31 bits per heavy atom. The number of rotatable bonds is 4. The number of halogens is 1. The topological polar surface area (TPSA) is 46.2 Å². The zero-order valence-corrected chi connectivity index (χ0v) is 8.17. The van der Waals surface area contributed by atoms with Gasteiger partial charge in [0.1, 0.15) is 0 Å². The number of hydrogen-bond acceptors (Lipinski definition) is 2. The number of aryl methyl sites for hydroxylation is 1. The van der Waals surface area contributed by atoms with E-state index in [4.69, 9.17) is 22.4 Å². The van der Waals surface area contributed by atoms with Gasteiger partial charge in [-0.15, -0.1) is 0 Å². The number of nitrogens with two attached hydrogens (primary N) is 1. The van der Waals surface area contributed by atoms with E-state index in [1.165, 1.54) is 5.56 Å². The van der Waals surface area contributed by atoms with Crippen molar-refractivity contribution in [2.24, 2.45) is 5.73 Å². The van der Waals surface area contributed by atoms with Crippen molar-refractivity contribution < 1.29 is 5.11 Å². The Bertz CT molecular complexity index is 248. The van der Waals surface area contributed by atoms with Crippen LogP contribution in [0.25, 0.3) is 0 Å². The van der Waals surface area contributed by atoms with Crippen molar-refractivity contribution in [1.29, 1.82) is 0 Å². The Labute approximate surface area is 83.3 Å². The molecule has 0 saturated heterocycles. The first-order chi connectivity index (χ1) is 6.22. The predicted molar refractivity (Wildman–Crippen MR) is 54.8 cm³/mol. The van der Waals surface area contributed by atoms with Crippen molar-refractivity contribution in [2.45, 2.75) is 18.9 Å². The van der Waals surface area contributed by atoms with Gasteiger partial charge < -0.3 is 10.8 Å². The summed E-state index contributed by atoms with van der Waals surface area (Å²) in [6, 6.07) is 7.57. The molecule has 1 aromatic carbocycles. The molecule has 2 nitrogen and oxygen atoms in total. The van der Waals surface area contributed by atoms with Gasteiger partial charge in [0, 0.05) is 11.1 Å². The molecule has 72 valence electrons. The Hall–Kier alpha value is -0.570. The van der Waals surface area contributed by atoms with Gasteiger partial charge in [-0.1, -0.05) is 23.7 Å². The monoisotopic (exact) mass is 199 g/mol. The minimum absolute atomic E-state index is 0.0492. The number of aliphatic hydroxyl groups excluding tert-OH is 1. The highest BCUT2D eigenvalue weighted by Gasteiger charge is 2.00. The summed E-state index contributed by atoms with van der Waals surface area (Å²) in [5, 5.41) is 9.46. The van der Waals surface area contributed by atoms with E-state index < -0.39 is 0 Å². The molecular formula is C10H14ClNO. The number of aliphatic hydroxyl groups is 1. The van der Waals surface area contributed by atoms with Gasteiger partial charge in [0.05, 0.1) is 6.61 Å². The van der Waals surface area contributed by atoms with E-state index in [1.54, 1.807) is 0 Å². The Morgan fingerprint density at radius 3 is 2.46 bits per heavy atom. The number of hydrogen-bond donors (Lipinski definition) is 2. The van der Waals surface area contributed by atoms with Crippen LogP contribution in [0, 0.1) is 0 Å². The fourth-order valence-electron chi connectivity index (χ4n) is 1.09. The van der Waals surface area contributed by atoms with Crippen LogP contribution in [-0.4, -0.2) is 17.8 Å². The zero-order chi connectivity index (χ0) is 9.68. The Kier molecular flexibility index (Phi) is 4.22. The molecular weight excluding hydrogens is 186 g/mol. The first-order valence-corrected chi connectivity index (χ1v) is 4.71. The molecule has 3 heteroatoms. The molecule has 0 aromatic heterocycles. The highest BCUT2D eigenvalue weighted by Crippen LogP contribution is 2.11. The third-order valence-corrected chi connectivity index (χ3v) is 2.20. The summed E-state index contributed by atoms with van der Waals surface area (Å²) in [6.07, 6.45) is 1.69. The van der Waals surface area contributed by atoms with Crippen LogP contribution in [0.1, 0.15) is 12.0 Å². The highest BCUT2D eigenvalue weighted by molar-refractivity contribution is 6.30. The molecule has 0 bridgehead atoms. The molecule has 0 aliphatic heterocycles. The van der Waals surface area contributed by atoms with E-state index in [9.17, 15) is 0 Å². The summed E-state index contributed by atoms with van der Waals surface area (Å²) < 4.78 is 0. The fourth-order valence-corrected chi connectivity index (χ4v) is 1.22. The van der Waals surface area contributed by atoms with Gasteiger partial charge in [-0.05, 0) is 30.5 Å². The Morgan fingerprint density at radius 2 is 1.92 bits per heavy atom. The van der Waals surface area contributed by atoms with Crippen molar-refractivity contribution in [3.63, 3.8) is 0 Å². The lowest BCUT2D eigenvalue weighted by Crippen LogP contribution is -2.24. The van der Waals surface area contributed by atoms with E-state index in [0.717, 1.165) is 17.9 Å². The molecule has 3 N–H and O–H groups in total. The van der Waals surface area contributed by atoms with Crippen molar-refractivity contribution >= 4 is 11.6 Å². The van der Waals surface area contributed by atoms with E-state index in [2.05, 4.69) is 0 Å². The first-order valence-electron chi connectivity index (χ1n) is 4.33. The van der Waals surface area contributed by atoms with Crippen LogP contribution >= 0.6 is 11.6 Å².